The maximum Gasteiger partial charge on any atom is 0.226 e. The van der Waals surface area contributed by atoms with Crippen LogP contribution in [0.25, 0.3) is 0 Å². The van der Waals surface area contributed by atoms with Crippen LogP contribution in [-0.4, -0.2) is 23.4 Å². The molecule has 1 aromatic rings. The normalized spacial score (nSPS) is 13.9. The molecule has 0 aromatic carbocycles. The van der Waals surface area contributed by atoms with Crippen molar-refractivity contribution in [3.63, 3.8) is 0 Å². The first-order valence-corrected chi connectivity index (χ1v) is 6.11. The van der Waals surface area contributed by atoms with E-state index in [1.807, 2.05) is 6.92 Å². The predicted octanol–water partition coefficient (Wildman–Crippen LogP) is 2.08. The molecule has 0 aliphatic rings. The van der Waals surface area contributed by atoms with E-state index in [4.69, 9.17) is 15.0 Å². The summed E-state index contributed by atoms with van der Waals surface area (Å²) in [4.78, 5) is 4.32. The zero-order valence-electron chi connectivity index (χ0n) is 11.2. The van der Waals surface area contributed by atoms with E-state index in [0.717, 1.165) is 26.1 Å². The molecule has 5 heteroatoms. The average molecular weight is 241 g/mol. The summed E-state index contributed by atoms with van der Waals surface area (Å²) < 4.78 is 10.4. The second kappa shape index (κ2) is 6.12. The first-order valence-electron chi connectivity index (χ1n) is 6.11. The molecule has 98 valence electrons. The highest BCUT2D eigenvalue weighted by Gasteiger charge is 2.26. The lowest BCUT2D eigenvalue weighted by Crippen LogP contribution is -2.27. The minimum Gasteiger partial charge on any atom is -0.382 e. The van der Waals surface area contributed by atoms with Crippen molar-refractivity contribution in [3.8, 4) is 0 Å². The third-order valence-electron chi connectivity index (χ3n) is 2.58. The first kappa shape index (κ1) is 14.1. The van der Waals surface area contributed by atoms with Crippen molar-refractivity contribution in [2.24, 2.45) is 11.1 Å². The Hall–Kier alpha value is -0.940. The van der Waals surface area contributed by atoms with Crippen molar-refractivity contribution in [1.82, 2.24) is 10.1 Å². The summed E-state index contributed by atoms with van der Waals surface area (Å²) in [6, 6.07) is -0.202. The van der Waals surface area contributed by atoms with E-state index in [9.17, 15) is 0 Å². The minimum atomic E-state index is -0.202. The highest BCUT2D eigenvalue weighted by molar-refractivity contribution is 4.97. The Kier molecular flexibility index (Phi) is 5.08. The molecule has 5 nitrogen and oxygen atoms in total. The van der Waals surface area contributed by atoms with Crippen LogP contribution in [0.5, 0.6) is 0 Å². The van der Waals surface area contributed by atoms with Gasteiger partial charge in [-0.25, -0.2) is 0 Å². The summed E-state index contributed by atoms with van der Waals surface area (Å²) in [6.45, 7) is 9.62. The van der Waals surface area contributed by atoms with Crippen molar-refractivity contribution < 1.29 is 9.26 Å². The van der Waals surface area contributed by atoms with Gasteiger partial charge in [0.25, 0.3) is 0 Å². The first-order chi connectivity index (χ1) is 7.95. The van der Waals surface area contributed by atoms with Gasteiger partial charge in [-0.1, -0.05) is 25.9 Å². The van der Waals surface area contributed by atoms with Gasteiger partial charge in [0, 0.05) is 19.6 Å². The maximum atomic E-state index is 6.05. The SMILES string of the molecule is CCOCCCc1nc(C(N)C(C)(C)C)no1. The van der Waals surface area contributed by atoms with Crippen LogP contribution in [0.1, 0.15) is 51.9 Å². The lowest BCUT2D eigenvalue weighted by molar-refractivity contribution is 0.143. The van der Waals surface area contributed by atoms with Gasteiger partial charge in [0.15, 0.2) is 5.82 Å². The molecule has 0 fully saturated rings. The van der Waals surface area contributed by atoms with Gasteiger partial charge in [0.2, 0.25) is 5.89 Å². The molecule has 1 atom stereocenters. The van der Waals surface area contributed by atoms with Crippen LogP contribution in [0.4, 0.5) is 0 Å². The molecular formula is C12H23N3O2. The summed E-state index contributed by atoms with van der Waals surface area (Å²) >= 11 is 0. The van der Waals surface area contributed by atoms with Gasteiger partial charge in [-0.15, -0.1) is 0 Å². The molecule has 0 amide bonds. The summed E-state index contributed by atoms with van der Waals surface area (Å²) in [5, 5.41) is 3.93. The Labute approximate surface area is 103 Å². The number of nitrogens with zero attached hydrogens (tertiary/aromatic N) is 2. The number of hydrogen-bond donors (Lipinski definition) is 1. The van der Waals surface area contributed by atoms with Crippen LogP contribution >= 0.6 is 0 Å². The molecule has 0 radical (unpaired) electrons. The molecule has 1 heterocycles. The standard InChI is InChI=1S/C12H23N3O2/c1-5-16-8-6-7-9-14-11(15-17-9)10(13)12(2,3)4/h10H,5-8,13H2,1-4H3. The van der Waals surface area contributed by atoms with Gasteiger partial charge in [0.1, 0.15) is 0 Å². The number of aromatic nitrogens is 2. The number of aryl methyl sites for hydroxylation is 1. The van der Waals surface area contributed by atoms with E-state index in [1.165, 1.54) is 0 Å². The minimum absolute atomic E-state index is 0.0630. The van der Waals surface area contributed by atoms with Gasteiger partial charge in [-0.05, 0) is 18.8 Å². The van der Waals surface area contributed by atoms with E-state index in [0.29, 0.717) is 11.7 Å². The third-order valence-corrected chi connectivity index (χ3v) is 2.58. The van der Waals surface area contributed by atoms with Crippen molar-refractivity contribution >= 4 is 0 Å². The molecule has 0 spiro atoms. The number of ether oxygens (including phenoxy) is 1. The zero-order chi connectivity index (χ0) is 12.9. The third kappa shape index (κ3) is 4.44. The molecule has 17 heavy (non-hydrogen) atoms. The van der Waals surface area contributed by atoms with Crippen LogP contribution in [0, 0.1) is 5.41 Å². The summed E-state index contributed by atoms with van der Waals surface area (Å²) in [5.41, 5.74) is 5.99. The molecule has 2 N–H and O–H groups in total. The molecular weight excluding hydrogens is 218 g/mol. The van der Waals surface area contributed by atoms with Crippen LogP contribution in [0.2, 0.25) is 0 Å². The maximum absolute atomic E-state index is 6.05. The predicted molar refractivity (Wildman–Crippen MR) is 65.5 cm³/mol. The fraction of sp³-hybridized carbons (Fsp3) is 0.833. The number of hydrogen-bond acceptors (Lipinski definition) is 5. The van der Waals surface area contributed by atoms with Crippen LogP contribution in [0.15, 0.2) is 4.52 Å². The molecule has 0 saturated carbocycles. The van der Waals surface area contributed by atoms with Gasteiger partial charge >= 0.3 is 0 Å². The lowest BCUT2D eigenvalue weighted by Gasteiger charge is -2.23. The van der Waals surface area contributed by atoms with Crippen molar-refractivity contribution in [2.45, 2.75) is 46.6 Å². The van der Waals surface area contributed by atoms with Gasteiger partial charge in [0.05, 0.1) is 6.04 Å². The Bertz CT molecular complexity index is 331. The van der Waals surface area contributed by atoms with Crippen molar-refractivity contribution in [3.05, 3.63) is 11.7 Å². The van der Waals surface area contributed by atoms with E-state index in [2.05, 4.69) is 30.9 Å². The van der Waals surface area contributed by atoms with Gasteiger partial charge < -0.3 is 15.0 Å². The van der Waals surface area contributed by atoms with Crippen LogP contribution < -0.4 is 5.73 Å². The summed E-state index contributed by atoms with van der Waals surface area (Å²) in [6.07, 6.45) is 1.63. The number of rotatable bonds is 6. The fourth-order valence-electron chi connectivity index (χ4n) is 1.35. The molecule has 1 unspecified atom stereocenters. The Morgan fingerprint density at radius 1 is 1.41 bits per heavy atom. The van der Waals surface area contributed by atoms with E-state index < -0.39 is 0 Å². The van der Waals surface area contributed by atoms with Gasteiger partial charge in [-0.3, -0.25) is 0 Å². The van der Waals surface area contributed by atoms with Crippen molar-refractivity contribution in [2.75, 3.05) is 13.2 Å². The van der Waals surface area contributed by atoms with Crippen molar-refractivity contribution in [1.29, 1.82) is 0 Å². The monoisotopic (exact) mass is 241 g/mol. The van der Waals surface area contributed by atoms with Crippen LogP contribution in [-0.2, 0) is 11.2 Å². The molecule has 0 aliphatic carbocycles. The molecule has 0 bridgehead atoms. The smallest absolute Gasteiger partial charge is 0.226 e. The van der Waals surface area contributed by atoms with E-state index >= 15 is 0 Å². The molecule has 1 rings (SSSR count). The Morgan fingerprint density at radius 2 is 2.12 bits per heavy atom. The zero-order valence-corrected chi connectivity index (χ0v) is 11.2. The number of nitrogens with two attached hydrogens (primary N) is 1. The second-order valence-corrected chi connectivity index (χ2v) is 5.19. The molecule has 0 saturated heterocycles. The second-order valence-electron chi connectivity index (χ2n) is 5.19. The highest BCUT2D eigenvalue weighted by Crippen LogP contribution is 2.28. The summed E-state index contributed by atoms with van der Waals surface area (Å²) in [7, 11) is 0. The lowest BCUT2D eigenvalue weighted by atomic mass is 9.87. The van der Waals surface area contributed by atoms with E-state index in [-0.39, 0.29) is 11.5 Å². The molecule has 1 aromatic heterocycles. The Balaban J connectivity index is 2.48. The quantitative estimate of drug-likeness (QED) is 0.772. The van der Waals surface area contributed by atoms with Crippen LogP contribution in [0.3, 0.4) is 0 Å². The average Bonchev–Trinajstić information content (AvgIpc) is 2.70. The van der Waals surface area contributed by atoms with Gasteiger partial charge in [-0.2, -0.15) is 4.98 Å². The molecule has 0 aliphatic heterocycles. The fourth-order valence-corrected chi connectivity index (χ4v) is 1.35. The summed E-state index contributed by atoms with van der Waals surface area (Å²) in [5.74, 6) is 1.23. The Morgan fingerprint density at radius 3 is 2.71 bits per heavy atom. The topological polar surface area (TPSA) is 74.2 Å². The largest absolute Gasteiger partial charge is 0.382 e. The highest BCUT2D eigenvalue weighted by atomic mass is 16.5. The van der Waals surface area contributed by atoms with E-state index in [1.54, 1.807) is 0 Å².